The molecule has 0 aromatic heterocycles. The Morgan fingerprint density at radius 2 is 2.70 bits per heavy atom. The Hall–Kier alpha value is -0.450. The van der Waals surface area contributed by atoms with Gasteiger partial charge in [0.15, 0.2) is 0 Å². The zero-order valence-electron chi connectivity index (χ0n) is 6.08. The van der Waals surface area contributed by atoms with Crippen molar-refractivity contribution < 1.29 is 4.84 Å². The van der Waals surface area contributed by atoms with Gasteiger partial charge in [-0.1, -0.05) is 0 Å². The Kier molecular flexibility index (Phi) is 2.80. The highest BCUT2D eigenvalue weighted by atomic mass is 16.6. The second kappa shape index (κ2) is 3.65. The van der Waals surface area contributed by atoms with E-state index in [9.17, 15) is 0 Å². The Morgan fingerprint density at radius 3 is 3.30 bits per heavy atom. The summed E-state index contributed by atoms with van der Waals surface area (Å²) in [5.41, 5.74) is 8.30. The van der Waals surface area contributed by atoms with Crippen LogP contribution in [-0.4, -0.2) is 32.5 Å². The predicted octanol–water partition coefficient (Wildman–Crippen LogP) is -0.835. The molecule has 0 amide bonds. The van der Waals surface area contributed by atoms with Gasteiger partial charge in [0.05, 0.1) is 13.2 Å². The van der Waals surface area contributed by atoms with Crippen LogP contribution in [0.25, 0.3) is 0 Å². The minimum Gasteiger partial charge on any atom is -0.330 e. The molecule has 3 N–H and O–H groups in total. The maximum Gasteiger partial charge on any atom is 0.0727 e. The van der Waals surface area contributed by atoms with E-state index in [1.165, 1.54) is 0 Å². The average Bonchev–Trinajstić information content (AvgIpc) is 2.36. The van der Waals surface area contributed by atoms with E-state index in [-0.39, 0.29) is 6.04 Å². The molecule has 1 heterocycles. The molecule has 0 fully saturated rings. The fourth-order valence-electron chi connectivity index (χ4n) is 1.03. The zero-order valence-corrected chi connectivity index (χ0v) is 6.08. The lowest BCUT2D eigenvalue weighted by atomic mass is 10.1. The molecule has 0 radical (unpaired) electrons. The topological polar surface area (TPSA) is 59.6 Å². The average molecular weight is 143 g/mol. The van der Waals surface area contributed by atoms with Gasteiger partial charge in [0.2, 0.25) is 0 Å². The van der Waals surface area contributed by atoms with Crippen LogP contribution < -0.4 is 11.2 Å². The van der Waals surface area contributed by atoms with Crippen molar-refractivity contribution in [2.24, 2.45) is 16.6 Å². The normalized spacial score (nSPS) is 31.4. The summed E-state index contributed by atoms with van der Waals surface area (Å²) in [5.74, 6) is 0.403. The zero-order chi connectivity index (χ0) is 7.40. The molecule has 0 bridgehead atoms. The van der Waals surface area contributed by atoms with E-state index < -0.39 is 0 Å². The van der Waals surface area contributed by atoms with Gasteiger partial charge in [-0.25, -0.2) is 0 Å². The molecule has 10 heavy (non-hydrogen) atoms. The van der Waals surface area contributed by atoms with E-state index in [2.05, 4.69) is 10.5 Å². The van der Waals surface area contributed by atoms with Crippen molar-refractivity contribution in [3.8, 4) is 0 Å². The molecule has 4 heteroatoms. The standard InChI is InChI=1S/C6H13N3O/c1-10-9-6-4-8-3-5(6)2-7/h4-6,9H,2-3,7H2,1H3. The smallest absolute Gasteiger partial charge is 0.0727 e. The van der Waals surface area contributed by atoms with Crippen molar-refractivity contribution >= 4 is 6.21 Å². The van der Waals surface area contributed by atoms with Crippen LogP contribution in [0.4, 0.5) is 0 Å². The van der Waals surface area contributed by atoms with Crippen LogP contribution in [0.15, 0.2) is 4.99 Å². The van der Waals surface area contributed by atoms with Crippen LogP contribution in [-0.2, 0) is 4.84 Å². The molecular weight excluding hydrogens is 130 g/mol. The van der Waals surface area contributed by atoms with Crippen LogP contribution in [0, 0.1) is 5.92 Å². The van der Waals surface area contributed by atoms with Crippen molar-refractivity contribution in [2.75, 3.05) is 20.2 Å². The summed E-state index contributed by atoms with van der Waals surface area (Å²) in [4.78, 5) is 8.85. The fraction of sp³-hybridized carbons (Fsp3) is 0.833. The lowest BCUT2D eigenvalue weighted by Crippen LogP contribution is -2.38. The Morgan fingerprint density at radius 1 is 1.90 bits per heavy atom. The lowest BCUT2D eigenvalue weighted by Gasteiger charge is -2.14. The summed E-state index contributed by atoms with van der Waals surface area (Å²) < 4.78 is 0. The highest BCUT2D eigenvalue weighted by Crippen LogP contribution is 2.07. The van der Waals surface area contributed by atoms with Crippen LogP contribution in [0.2, 0.25) is 0 Å². The summed E-state index contributed by atoms with van der Waals surface area (Å²) in [5, 5.41) is 0. The van der Waals surface area contributed by atoms with E-state index >= 15 is 0 Å². The first-order valence-electron chi connectivity index (χ1n) is 3.37. The van der Waals surface area contributed by atoms with Crippen molar-refractivity contribution in [1.82, 2.24) is 5.48 Å². The van der Waals surface area contributed by atoms with E-state index in [1.807, 2.05) is 6.21 Å². The van der Waals surface area contributed by atoms with Crippen molar-refractivity contribution in [1.29, 1.82) is 0 Å². The molecular formula is C6H13N3O. The van der Waals surface area contributed by atoms with E-state index in [0.717, 1.165) is 6.54 Å². The molecule has 2 unspecified atom stereocenters. The van der Waals surface area contributed by atoms with E-state index in [0.29, 0.717) is 12.5 Å². The Balaban J connectivity index is 2.33. The molecule has 0 saturated carbocycles. The van der Waals surface area contributed by atoms with E-state index in [4.69, 9.17) is 10.6 Å². The van der Waals surface area contributed by atoms with Gasteiger partial charge in [-0.15, -0.1) is 0 Å². The van der Waals surface area contributed by atoms with Gasteiger partial charge in [-0.05, 0) is 6.54 Å². The second-order valence-corrected chi connectivity index (χ2v) is 2.36. The molecule has 1 aliphatic heterocycles. The number of hydrogen-bond acceptors (Lipinski definition) is 4. The molecule has 1 aliphatic rings. The predicted molar refractivity (Wildman–Crippen MR) is 39.8 cm³/mol. The van der Waals surface area contributed by atoms with Crippen LogP contribution in [0.1, 0.15) is 0 Å². The van der Waals surface area contributed by atoms with E-state index in [1.54, 1.807) is 7.11 Å². The summed E-state index contributed by atoms with van der Waals surface area (Å²) in [6.45, 7) is 1.47. The number of rotatable bonds is 3. The second-order valence-electron chi connectivity index (χ2n) is 2.36. The molecule has 4 nitrogen and oxygen atoms in total. The summed E-state index contributed by atoms with van der Waals surface area (Å²) in [7, 11) is 1.60. The maximum atomic E-state index is 5.48. The first-order chi connectivity index (χ1) is 4.88. The number of nitrogens with two attached hydrogens (primary N) is 1. The molecule has 0 spiro atoms. The van der Waals surface area contributed by atoms with Crippen LogP contribution in [0.5, 0.6) is 0 Å². The third-order valence-electron chi connectivity index (χ3n) is 1.67. The van der Waals surface area contributed by atoms with Crippen molar-refractivity contribution in [3.63, 3.8) is 0 Å². The Labute approximate surface area is 60.4 Å². The van der Waals surface area contributed by atoms with Gasteiger partial charge in [-0.3, -0.25) is 4.99 Å². The van der Waals surface area contributed by atoms with Gasteiger partial charge < -0.3 is 10.6 Å². The summed E-state index contributed by atoms with van der Waals surface area (Å²) in [6.07, 6.45) is 1.85. The number of hydroxylamine groups is 1. The van der Waals surface area contributed by atoms with Gasteiger partial charge in [0.25, 0.3) is 0 Å². The molecule has 58 valence electrons. The monoisotopic (exact) mass is 143 g/mol. The van der Waals surface area contributed by atoms with Gasteiger partial charge in [0.1, 0.15) is 0 Å². The minimum atomic E-state index is 0.204. The quantitative estimate of drug-likeness (QED) is 0.507. The maximum absolute atomic E-state index is 5.48. The SMILES string of the molecule is CONC1C=NCC1CN. The van der Waals surface area contributed by atoms with Crippen LogP contribution in [0.3, 0.4) is 0 Å². The molecule has 0 aromatic carbocycles. The number of aliphatic imine (C=N–C) groups is 1. The van der Waals surface area contributed by atoms with Crippen molar-refractivity contribution in [2.45, 2.75) is 6.04 Å². The molecule has 0 aliphatic carbocycles. The molecule has 1 rings (SSSR count). The van der Waals surface area contributed by atoms with Crippen LogP contribution >= 0.6 is 0 Å². The first kappa shape index (κ1) is 7.65. The summed E-state index contributed by atoms with van der Waals surface area (Å²) in [6, 6.07) is 0.204. The number of hydrogen-bond donors (Lipinski definition) is 2. The first-order valence-corrected chi connectivity index (χ1v) is 3.37. The third kappa shape index (κ3) is 1.53. The number of nitrogens with one attached hydrogen (secondary N) is 1. The minimum absolute atomic E-state index is 0.204. The fourth-order valence-corrected chi connectivity index (χ4v) is 1.03. The van der Waals surface area contributed by atoms with Gasteiger partial charge in [0, 0.05) is 18.7 Å². The van der Waals surface area contributed by atoms with Gasteiger partial charge >= 0.3 is 0 Å². The van der Waals surface area contributed by atoms with Crippen molar-refractivity contribution in [3.05, 3.63) is 0 Å². The lowest BCUT2D eigenvalue weighted by molar-refractivity contribution is 0.0687. The molecule has 0 saturated heterocycles. The Bertz CT molecular complexity index is 126. The third-order valence-corrected chi connectivity index (χ3v) is 1.67. The molecule has 0 aromatic rings. The summed E-state index contributed by atoms with van der Waals surface area (Å²) >= 11 is 0. The number of nitrogens with zero attached hydrogens (tertiary/aromatic N) is 1. The molecule has 2 atom stereocenters. The highest BCUT2D eigenvalue weighted by molar-refractivity contribution is 5.67. The highest BCUT2D eigenvalue weighted by Gasteiger charge is 2.21. The largest absolute Gasteiger partial charge is 0.330 e. The van der Waals surface area contributed by atoms with Gasteiger partial charge in [-0.2, -0.15) is 5.48 Å².